The summed E-state index contributed by atoms with van der Waals surface area (Å²) in [4.78, 5) is 31.1. The van der Waals surface area contributed by atoms with Gasteiger partial charge >= 0.3 is 0 Å². The molecule has 6 nitrogen and oxygen atoms in total. The average Bonchev–Trinajstić information content (AvgIpc) is 3.53. The second-order valence-corrected chi connectivity index (χ2v) is 12.5. The zero-order chi connectivity index (χ0) is 31.1. The third-order valence-corrected chi connectivity index (χ3v) is 9.69. The van der Waals surface area contributed by atoms with Gasteiger partial charge in [-0.25, -0.2) is 0 Å². The molecule has 0 aromatic heterocycles. The lowest BCUT2D eigenvalue weighted by molar-refractivity contribution is -0.132. The number of hydrogen-bond acceptors (Lipinski definition) is 3. The van der Waals surface area contributed by atoms with E-state index in [1.165, 1.54) is 16.7 Å². The lowest BCUT2D eigenvalue weighted by atomic mass is 9.83. The quantitative estimate of drug-likeness (QED) is 0.111. The van der Waals surface area contributed by atoms with E-state index in [-0.39, 0.29) is 29.6 Å². The minimum Gasteiger partial charge on any atom is -0.388 e. The molecule has 1 saturated heterocycles. The summed E-state index contributed by atoms with van der Waals surface area (Å²) in [5, 5.41) is 7.60. The van der Waals surface area contributed by atoms with Crippen molar-refractivity contribution in [1.29, 1.82) is 5.41 Å². The number of fused-ring (bicyclic) bond motifs is 3. The van der Waals surface area contributed by atoms with E-state index < -0.39 is 0 Å². The lowest BCUT2D eigenvalue weighted by Crippen LogP contribution is -2.35. The molecule has 44 heavy (non-hydrogen) atoms. The van der Waals surface area contributed by atoms with Crippen LogP contribution in [0.3, 0.4) is 0 Å². The van der Waals surface area contributed by atoms with E-state index in [0.29, 0.717) is 31.0 Å². The molecule has 0 spiro atoms. The molecule has 1 aliphatic carbocycles. The van der Waals surface area contributed by atoms with Crippen LogP contribution in [0.25, 0.3) is 11.1 Å². The molecule has 3 aromatic rings. The molecule has 0 radical (unpaired) electrons. The summed E-state index contributed by atoms with van der Waals surface area (Å²) in [5.41, 5.74) is 12.5. The molecule has 1 aliphatic heterocycles. The summed E-state index contributed by atoms with van der Waals surface area (Å²) in [6.07, 6.45) is 8.40. The molecule has 1 heterocycles. The standard InChI is InChI=1S/C38H48N4O2/c1-3-41(4-2)37(43)31-18-13-17-28(24-31)29-21-22-30-26-34-36(33(30)25-29)32(19-10-11-20-35(39)40)38(44)42(34)23-12-6-9-16-27-14-7-5-8-15-27/h5,7-8,13-15,17-18,21-22,24-25,32,34,36H,3-4,6,9-12,16,19-20,23,26H2,1-2H3,(H3,39,40)/t32-,34+,36+/m1/s1. The van der Waals surface area contributed by atoms with Crippen molar-refractivity contribution in [3.8, 4) is 11.1 Å². The van der Waals surface area contributed by atoms with Crippen LogP contribution in [0, 0.1) is 11.3 Å². The Morgan fingerprint density at radius 3 is 2.43 bits per heavy atom. The summed E-state index contributed by atoms with van der Waals surface area (Å²) < 4.78 is 0. The monoisotopic (exact) mass is 592 g/mol. The number of amides is 2. The third kappa shape index (κ3) is 7.06. The summed E-state index contributed by atoms with van der Waals surface area (Å²) in [7, 11) is 0. The number of rotatable bonds is 15. The van der Waals surface area contributed by atoms with E-state index in [1.54, 1.807) is 0 Å². The Kier molecular flexibility index (Phi) is 10.5. The van der Waals surface area contributed by atoms with Gasteiger partial charge in [-0.2, -0.15) is 0 Å². The van der Waals surface area contributed by atoms with E-state index >= 15 is 0 Å². The molecular formula is C38H48N4O2. The van der Waals surface area contributed by atoms with Crippen LogP contribution in [0.15, 0.2) is 72.8 Å². The summed E-state index contributed by atoms with van der Waals surface area (Å²) in [6.45, 7) is 6.21. The molecule has 0 bridgehead atoms. The van der Waals surface area contributed by atoms with Crippen molar-refractivity contribution in [2.24, 2.45) is 11.7 Å². The van der Waals surface area contributed by atoms with Gasteiger partial charge in [0.2, 0.25) is 5.91 Å². The van der Waals surface area contributed by atoms with Gasteiger partial charge in [0.05, 0.1) is 5.84 Å². The van der Waals surface area contributed by atoms with Gasteiger partial charge in [0.1, 0.15) is 0 Å². The van der Waals surface area contributed by atoms with Gasteiger partial charge in [-0.15, -0.1) is 0 Å². The second kappa shape index (κ2) is 14.7. The number of nitrogens with two attached hydrogens (primary N) is 1. The van der Waals surface area contributed by atoms with Crippen LogP contribution >= 0.6 is 0 Å². The van der Waals surface area contributed by atoms with Crippen molar-refractivity contribution in [1.82, 2.24) is 9.80 Å². The van der Waals surface area contributed by atoms with Crippen molar-refractivity contribution in [3.63, 3.8) is 0 Å². The highest BCUT2D eigenvalue weighted by Crippen LogP contribution is 2.49. The summed E-state index contributed by atoms with van der Waals surface area (Å²) >= 11 is 0. The molecule has 232 valence electrons. The first kappa shape index (κ1) is 31.5. The Hall–Kier alpha value is -3.93. The van der Waals surface area contributed by atoms with Crippen LogP contribution in [-0.2, 0) is 17.6 Å². The van der Waals surface area contributed by atoms with Crippen molar-refractivity contribution in [3.05, 3.63) is 95.1 Å². The highest BCUT2D eigenvalue weighted by atomic mass is 16.2. The zero-order valence-electron chi connectivity index (χ0n) is 26.4. The number of carbonyl (C=O) groups is 2. The number of unbranched alkanes of at least 4 members (excludes halogenated alkanes) is 3. The SMILES string of the molecule is CCN(CC)C(=O)c1cccc(-c2ccc3c(c2)[C@@H]2[C@@H](CCCCC(=N)N)C(=O)N(CCCCCc4ccccc4)[C@H]2C3)c1. The van der Waals surface area contributed by atoms with E-state index in [9.17, 15) is 9.59 Å². The minimum atomic E-state index is -0.0386. The van der Waals surface area contributed by atoms with Gasteiger partial charge in [-0.05, 0) is 92.3 Å². The molecule has 3 aromatic carbocycles. The van der Waals surface area contributed by atoms with E-state index in [4.69, 9.17) is 11.1 Å². The number of benzene rings is 3. The van der Waals surface area contributed by atoms with Gasteiger partial charge in [-0.3, -0.25) is 15.0 Å². The molecule has 3 atom stereocenters. The Labute approximate surface area is 263 Å². The Morgan fingerprint density at radius 1 is 0.909 bits per heavy atom. The largest absolute Gasteiger partial charge is 0.388 e. The molecule has 6 heteroatoms. The van der Waals surface area contributed by atoms with Gasteiger partial charge in [-0.1, -0.05) is 73.5 Å². The van der Waals surface area contributed by atoms with Gasteiger partial charge in [0.25, 0.3) is 5.91 Å². The second-order valence-electron chi connectivity index (χ2n) is 12.5. The maximum atomic E-state index is 14.0. The first-order valence-electron chi connectivity index (χ1n) is 16.6. The van der Waals surface area contributed by atoms with E-state index in [0.717, 1.165) is 69.0 Å². The van der Waals surface area contributed by atoms with Crippen LogP contribution < -0.4 is 5.73 Å². The third-order valence-electron chi connectivity index (χ3n) is 9.69. The molecule has 2 amide bonds. The van der Waals surface area contributed by atoms with E-state index in [2.05, 4.69) is 59.5 Å². The smallest absolute Gasteiger partial charge is 0.253 e. The number of nitrogens with one attached hydrogen (secondary N) is 1. The Bertz CT molecular complexity index is 1450. The molecule has 5 rings (SSSR count). The average molecular weight is 593 g/mol. The predicted octanol–water partition coefficient (Wildman–Crippen LogP) is 7.21. The lowest BCUT2D eigenvalue weighted by Gasteiger charge is -2.24. The van der Waals surface area contributed by atoms with E-state index in [1.807, 2.05) is 36.9 Å². The Morgan fingerprint density at radius 2 is 1.68 bits per heavy atom. The van der Waals surface area contributed by atoms with Crippen LogP contribution in [0.4, 0.5) is 0 Å². The topological polar surface area (TPSA) is 90.5 Å². The fourth-order valence-electron chi connectivity index (χ4n) is 7.37. The number of aryl methyl sites for hydroxylation is 1. The summed E-state index contributed by atoms with van der Waals surface area (Å²) in [5.74, 6) is 0.719. The number of carbonyl (C=O) groups excluding carboxylic acids is 2. The van der Waals surface area contributed by atoms with Gasteiger partial charge < -0.3 is 15.5 Å². The predicted molar refractivity (Wildman–Crippen MR) is 179 cm³/mol. The van der Waals surface area contributed by atoms with Gasteiger partial charge in [0.15, 0.2) is 0 Å². The van der Waals surface area contributed by atoms with Crippen LogP contribution in [0.2, 0.25) is 0 Å². The molecule has 0 saturated carbocycles. The first-order valence-corrected chi connectivity index (χ1v) is 16.6. The number of likely N-dealkylation sites (tertiary alicyclic amines) is 1. The van der Waals surface area contributed by atoms with Crippen LogP contribution in [0.1, 0.15) is 91.8 Å². The van der Waals surface area contributed by atoms with Crippen LogP contribution in [-0.4, -0.2) is 53.1 Å². The molecule has 2 aliphatic rings. The highest BCUT2D eigenvalue weighted by Gasteiger charge is 2.51. The number of amidine groups is 1. The molecule has 3 N–H and O–H groups in total. The van der Waals surface area contributed by atoms with Crippen molar-refractivity contribution in [2.75, 3.05) is 19.6 Å². The fourth-order valence-corrected chi connectivity index (χ4v) is 7.37. The zero-order valence-corrected chi connectivity index (χ0v) is 26.4. The summed E-state index contributed by atoms with van der Waals surface area (Å²) in [6, 6.07) is 25.5. The van der Waals surface area contributed by atoms with Crippen molar-refractivity contribution >= 4 is 17.6 Å². The maximum absolute atomic E-state index is 14.0. The van der Waals surface area contributed by atoms with Crippen molar-refractivity contribution in [2.45, 2.75) is 83.6 Å². The molecule has 0 unspecified atom stereocenters. The van der Waals surface area contributed by atoms with Gasteiger partial charge in [0, 0.05) is 49.5 Å². The normalized spacial score (nSPS) is 18.7. The fraction of sp³-hybridized carbons (Fsp3) is 0.447. The molecular weight excluding hydrogens is 544 g/mol. The molecule has 1 fully saturated rings. The maximum Gasteiger partial charge on any atom is 0.253 e. The highest BCUT2D eigenvalue weighted by molar-refractivity contribution is 5.95. The van der Waals surface area contributed by atoms with Crippen LogP contribution in [0.5, 0.6) is 0 Å². The number of nitrogens with zero attached hydrogens (tertiary/aromatic N) is 2. The Balaban J connectivity index is 1.33. The first-order chi connectivity index (χ1) is 21.4. The van der Waals surface area contributed by atoms with Crippen molar-refractivity contribution < 1.29 is 9.59 Å². The number of hydrogen-bond donors (Lipinski definition) is 2. The minimum absolute atomic E-state index is 0.0386.